The van der Waals surface area contributed by atoms with E-state index in [1.807, 2.05) is 0 Å². The minimum absolute atomic E-state index is 0. The van der Waals surface area contributed by atoms with Gasteiger partial charge < -0.3 is 14.3 Å². The normalized spacial score (nSPS) is 10.8. The molecule has 1 heterocycles. The van der Waals surface area contributed by atoms with Crippen molar-refractivity contribution in [2.45, 2.75) is 6.36 Å². The molecule has 0 amide bonds. The molecule has 102 valence electrons. The number of hydrogen-bond donors (Lipinski definition) is 1. The molecule has 0 aliphatic heterocycles. The van der Waals surface area contributed by atoms with E-state index in [9.17, 15) is 18.0 Å². The Balaban J connectivity index is 0.00000200. The number of alkyl halides is 3. The fourth-order valence-electron chi connectivity index (χ4n) is 1.38. The van der Waals surface area contributed by atoms with E-state index in [4.69, 9.17) is 9.52 Å². The Morgan fingerprint density at radius 3 is 2.50 bits per heavy atom. The number of rotatable bonds is 3. The standard InChI is InChI=1S/C11H6F3NO4.Li.H/c12-11(13,14)19-7-4-2-1-3-6(7)8-5-15-9(18-8)10(16)17;;/h1-5H,(H,16,17);;. The first kappa shape index (κ1) is 16.1. The number of carboxylic acids is 1. The van der Waals surface area contributed by atoms with E-state index < -0.39 is 24.0 Å². The molecule has 5 nitrogen and oxygen atoms in total. The maximum absolute atomic E-state index is 12.2. The zero-order valence-electron chi connectivity index (χ0n) is 9.14. The van der Waals surface area contributed by atoms with Crippen LogP contribution in [0.4, 0.5) is 13.2 Å². The van der Waals surface area contributed by atoms with Crippen LogP contribution in [0.1, 0.15) is 10.7 Å². The van der Waals surface area contributed by atoms with Crippen LogP contribution in [0.15, 0.2) is 34.9 Å². The number of aromatic nitrogens is 1. The van der Waals surface area contributed by atoms with Crippen molar-refractivity contribution < 1.29 is 32.2 Å². The van der Waals surface area contributed by atoms with E-state index in [0.29, 0.717) is 0 Å². The monoisotopic (exact) mass is 281 g/mol. The average Bonchev–Trinajstić information content (AvgIpc) is 2.76. The van der Waals surface area contributed by atoms with Crippen LogP contribution in [-0.2, 0) is 0 Å². The van der Waals surface area contributed by atoms with Gasteiger partial charge in [0.05, 0.1) is 11.8 Å². The molecule has 2 rings (SSSR count). The van der Waals surface area contributed by atoms with Crippen LogP contribution in [0.25, 0.3) is 11.3 Å². The van der Waals surface area contributed by atoms with Gasteiger partial charge in [0.2, 0.25) is 0 Å². The van der Waals surface area contributed by atoms with Crippen LogP contribution >= 0.6 is 0 Å². The zero-order valence-corrected chi connectivity index (χ0v) is 9.14. The number of para-hydroxylation sites is 1. The topological polar surface area (TPSA) is 72.6 Å². The number of carbonyl (C=O) groups is 1. The van der Waals surface area contributed by atoms with E-state index in [2.05, 4.69) is 9.72 Å². The molecular weight excluding hydrogens is 274 g/mol. The summed E-state index contributed by atoms with van der Waals surface area (Å²) in [5.74, 6) is -2.65. The molecule has 0 unspecified atom stereocenters. The van der Waals surface area contributed by atoms with Crippen molar-refractivity contribution in [2.24, 2.45) is 0 Å². The molecule has 9 heteroatoms. The van der Waals surface area contributed by atoms with Crippen LogP contribution in [0.5, 0.6) is 5.75 Å². The Morgan fingerprint density at radius 2 is 1.95 bits per heavy atom. The summed E-state index contributed by atoms with van der Waals surface area (Å²) in [6.07, 6.45) is -3.84. The van der Waals surface area contributed by atoms with Crippen LogP contribution < -0.4 is 4.74 Å². The fraction of sp³-hybridized carbons (Fsp3) is 0.0909. The number of oxazole rings is 1. The first-order valence-electron chi connectivity index (χ1n) is 4.91. The summed E-state index contributed by atoms with van der Waals surface area (Å²) in [7, 11) is 0. The van der Waals surface area contributed by atoms with Crippen molar-refractivity contribution in [2.75, 3.05) is 0 Å². The summed E-state index contributed by atoms with van der Waals surface area (Å²) in [5.41, 5.74) is -0.0418. The second kappa shape index (κ2) is 6.03. The van der Waals surface area contributed by atoms with E-state index >= 15 is 0 Å². The summed E-state index contributed by atoms with van der Waals surface area (Å²) in [5, 5.41) is 8.63. The summed E-state index contributed by atoms with van der Waals surface area (Å²) in [6, 6.07) is 5.19. The van der Waals surface area contributed by atoms with Gasteiger partial charge in [-0.1, -0.05) is 12.1 Å². The van der Waals surface area contributed by atoms with E-state index in [-0.39, 0.29) is 30.2 Å². The average molecular weight is 281 g/mol. The molecule has 0 fully saturated rings. The van der Waals surface area contributed by atoms with Crippen molar-refractivity contribution >= 4 is 24.8 Å². The van der Waals surface area contributed by atoms with Gasteiger partial charge in [0.25, 0.3) is 0 Å². The summed E-state index contributed by atoms with van der Waals surface area (Å²) in [6.45, 7) is 0. The molecule has 1 aromatic heterocycles. The van der Waals surface area contributed by atoms with Crippen LogP contribution in [0.2, 0.25) is 0 Å². The molecule has 0 saturated heterocycles. The quantitative estimate of drug-likeness (QED) is 0.874. The first-order chi connectivity index (χ1) is 8.87. The number of carboxylic acid groups (broad SMARTS) is 1. The minimum atomic E-state index is -4.86. The molecule has 20 heavy (non-hydrogen) atoms. The van der Waals surface area contributed by atoms with Crippen molar-refractivity contribution in [3.05, 3.63) is 36.4 Å². The van der Waals surface area contributed by atoms with Crippen LogP contribution in [-0.4, -0.2) is 41.3 Å². The molecular formula is C11H7F3LiNO4. The second-order valence-electron chi connectivity index (χ2n) is 3.38. The SMILES string of the molecule is O=C(O)c1ncc(-c2ccccc2OC(F)(F)F)o1.[LiH]. The van der Waals surface area contributed by atoms with Crippen LogP contribution in [0, 0.1) is 0 Å². The zero-order chi connectivity index (χ0) is 14.0. The molecule has 0 aliphatic rings. The van der Waals surface area contributed by atoms with E-state index in [0.717, 1.165) is 12.3 Å². The van der Waals surface area contributed by atoms with Gasteiger partial charge in [0.15, 0.2) is 5.76 Å². The number of nitrogens with zero attached hydrogens (tertiary/aromatic N) is 1. The third-order valence-corrected chi connectivity index (χ3v) is 2.07. The van der Waals surface area contributed by atoms with Crippen molar-refractivity contribution in [3.8, 4) is 17.1 Å². The summed E-state index contributed by atoms with van der Waals surface area (Å²) >= 11 is 0. The second-order valence-corrected chi connectivity index (χ2v) is 3.38. The van der Waals surface area contributed by atoms with Gasteiger partial charge in [0, 0.05) is 0 Å². The molecule has 1 aromatic carbocycles. The Kier molecular flexibility index (Phi) is 4.86. The molecule has 0 aliphatic carbocycles. The van der Waals surface area contributed by atoms with Crippen LogP contribution in [0.3, 0.4) is 0 Å². The van der Waals surface area contributed by atoms with Gasteiger partial charge in [0.1, 0.15) is 5.75 Å². The fourth-order valence-corrected chi connectivity index (χ4v) is 1.38. The van der Waals surface area contributed by atoms with Gasteiger partial charge >= 0.3 is 37.1 Å². The third kappa shape index (κ3) is 3.79. The number of halogens is 3. The molecule has 0 bridgehead atoms. The predicted molar refractivity (Wildman–Crippen MR) is 62.7 cm³/mol. The Bertz CT molecular complexity index is 612. The molecule has 1 N–H and O–H groups in total. The van der Waals surface area contributed by atoms with Crippen molar-refractivity contribution in [3.63, 3.8) is 0 Å². The first-order valence-corrected chi connectivity index (χ1v) is 4.91. The van der Waals surface area contributed by atoms with E-state index in [1.54, 1.807) is 0 Å². The van der Waals surface area contributed by atoms with Crippen molar-refractivity contribution in [1.82, 2.24) is 4.98 Å². The molecule has 2 aromatic rings. The van der Waals surface area contributed by atoms with Gasteiger partial charge in [-0.2, -0.15) is 0 Å². The Morgan fingerprint density at radius 1 is 1.30 bits per heavy atom. The summed E-state index contributed by atoms with van der Waals surface area (Å²) < 4.78 is 45.3. The summed E-state index contributed by atoms with van der Waals surface area (Å²) in [4.78, 5) is 14.0. The molecule has 0 atom stereocenters. The Hall–Kier alpha value is -1.91. The molecule has 0 radical (unpaired) electrons. The van der Waals surface area contributed by atoms with Gasteiger partial charge in [-0.05, 0) is 12.1 Å². The number of hydrogen-bond acceptors (Lipinski definition) is 4. The predicted octanol–water partition coefficient (Wildman–Crippen LogP) is 2.29. The maximum atomic E-state index is 12.2. The Labute approximate surface area is 122 Å². The number of aromatic carboxylic acids is 1. The molecule has 0 saturated carbocycles. The van der Waals surface area contributed by atoms with E-state index in [1.165, 1.54) is 18.2 Å². The molecule has 0 spiro atoms. The third-order valence-electron chi connectivity index (χ3n) is 2.07. The van der Waals surface area contributed by atoms with Gasteiger partial charge in [-0.3, -0.25) is 0 Å². The van der Waals surface area contributed by atoms with Gasteiger partial charge in [-0.15, -0.1) is 13.2 Å². The number of ether oxygens (including phenoxy) is 1. The van der Waals surface area contributed by atoms with Crippen molar-refractivity contribution in [1.29, 1.82) is 0 Å². The van der Waals surface area contributed by atoms with Gasteiger partial charge in [-0.25, -0.2) is 9.78 Å². The number of benzene rings is 1.